The molecule has 2 heterocycles. The number of nitrogens with one attached hydrogen (secondary N) is 1. The quantitative estimate of drug-likeness (QED) is 0.867. The number of sulfone groups is 1. The van der Waals surface area contributed by atoms with E-state index in [0.717, 1.165) is 24.5 Å². The zero-order chi connectivity index (χ0) is 19.4. The van der Waals surface area contributed by atoms with Gasteiger partial charge in [0.25, 0.3) is 0 Å². The van der Waals surface area contributed by atoms with Gasteiger partial charge in [0.1, 0.15) is 5.82 Å². The third-order valence-electron chi connectivity index (χ3n) is 4.69. The zero-order valence-corrected chi connectivity index (χ0v) is 16.3. The highest BCUT2D eigenvalue weighted by Crippen LogP contribution is 2.17. The molecule has 1 unspecified atom stereocenters. The van der Waals surface area contributed by atoms with E-state index in [9.17, 15) is 13.2 Å². The number of hydrogen-bond acceptors (Lipinski definition) is 5. The second-order valence-electron chi connectivity index (χ2n) is 6.67. The summed E-state index contributed by atoms with van der Waals surface area (Å²) in [6.45, 7) is 4.62. The maximum atomic E-state index is 12.5. The van der Waals surface area contributed by atoms with Crippen molar-refractivity contribution < 1.29 is 13.2 Å². The molecule has 2 amide bonds. The second kappa shape index (κ2) is 7.96. The minimum absolute atomic E-state index is 0.115. The Balaban J connectivity index is 1.55. The molecule has 0 radical (unpaired) electrons. The van der Waals surface area contributed by atoms with Crippen LogP contribution in [0.5, 0.6) is 0 Å². The first-order chi connectivity index (χ1) is 12.8. The Labute approximate surface area is 159 Å². The van der Waals surface area contributed by atoms with E-state index in [-0.39, 0.29) is 17.0 Å². The predicted molar refractivity (Wildman–Crippen MR) is 105 cm³/mol. The Morgan fingerprint density at radius 2 is 1.74 bits per heavy atom. The monoisotopic (exact) mass is 388 g/mol. The Bertz CT molecular complexity index is 877. The lowest BCUT2D eigenvalue weighted by Crippen LogP contribution is -2.52. The van der Waals surface area contributed by atoms with Crippen LogP contribution < -0.4 is 10.2 Å². The van der Waals surface area contributed by atoms with Crippen molar-refractivity contribution in [3.05, 3.63) is 54.2 Å². The smallest absolute Gasteiger partial charge is 0.317 e. The van der Waals surface area contributed by atoms with E-state index in [2.05, 4.69) is 15.2 Å². The molecule has 27 heavy (non-hydrogen) atoms. The number of urea groups is 1. The molecule has 0 bridgehead atoms. The van der Waals surface area contributed by atoms with Crippen LogP contribution in [0.2, 0.25) is 0 Å². The summed E-state index contributed by atoms with van der Waals surface area (Å²) in [5.74, 6) is 0.928. The van der Waals surface area contributed by atoms with Gasteiger partial charge in [-0.3, -0.25) is 0 Å². The predicted octanol–water partition coefficient (Wildman–Crippen LogP) is 2.08. The highest BCUT2D eigenvalue weighted by atomic mass is 32.2. The average Bonchev–Trinajstić information content (AvgIpc) is 2.68. The van der Waals surface area contributed by atoms with Crippen LogP contribution in [-0.2, 0) is 9.84 Å². The van der Waals surface area contributed by atoms with E-state index in [1.165, 1.54) is 6.26 Å². The fourth-order valence-electron chi connectivity index (χ4n) is 3.04. The molecule has 1 fully saturated rings. The van der Waals surface area contributed by atoms with Gasteiger partial charge in [-0.15, -0.1) is 0 Å². The number of carbonyl (C=O) groups is 1. The van der Waals surface area contributed by atoms with Gasteiger partial charge in [0.05, 0.1) is 10.9 Å². The van der Waals surface area contributed by atoms with Gasteiger partial charge in [-0.25, -0.2) is 18.2 Å². The lowest BCUT2D eigenvalue weighted by Gasteiger charge is -2.35. The summed E-state index contributed by atoms with van der Waals surface area (Å²) >= 11 is 0. The van der Waals surface area contributed by atoms with Crippen molar-refractivity contribution in [2.75, 3.05) is 37.3 Å². The van der Waals surface area contributed by atoms with Crippen LogP contribution in [0.4, 0.5) is 10.6 Å². The van der Waals surface area contributed by atoms with Crippen molar-refractivity contribution in [1.29, 1.82) is 0 Å². The van der Waals surface area contributed by atoms with Crippen molar-refractivity contribution in [2.24, 2.45) is 0 Å². The lowest BCUT2D eigenvalue weighted by atomic mass is 10.1. The van der Waals surface area contributed by atoms with E-state index >= 15 is 0 Å². The molecule has 1 atom stereocenters. The third kappa shape index (κ3) is 4.77. The Hall–Kier alpha value is -2.61. The van der Waals surface area contributed by atoms with Gasteiger partial charge in [-0.05, 0) is 36.8 Å². The van der Waals surface area contributed by atoms with Crippen LogP contribution in [0.1, 0.15) is 18.5 Å². The molecule has 8 heteroatoms. The van der Waals surface area contributed by atoms with Crippen LogP contribution in [-0.4, -0.2) is 56.8 Å². The molecule has 3 rings (SSSR count). The normalized spacial score (nSPS) is 16.1. The van der Waals surface area contributed by atoms with Crippen molar-refractivity contribution in [2.45, 2.75) is 17.9 Å². The molecule has 7 nitrogen and oxygen atoms in total. The minimum Gasteiger partial charge on any atom is -0.353 e. The summed E-state index contributed by atoms with van der Waals surface area (Å²) < 4.78 is 23.1. The van der Waals surface area contributed by atoms with E-state index < -0.39 is 9.84 Å². The molecule has 144 valence electrons. The molecule has 2 aromatic rings. The second-order valence-corrected chi connectivity index (χ2v) is 8.69. The van der Waals surface area contributed by atoms with Gasteiger partial charge in [0, 0.05) is 38.6 Å². The number of rotatable bonds is 4. The average molecular weight is 388 g/mol. The number of nitrogens with zero attached hydrogens (tertiary/aromatic N) is 3. The van der Waals surface area contributed by atoms with Gasteiger partial charge >= 0.3 is 6.03 Å². The summed E-state index contributed by atoms with van der Waals surface area (Å²) in [7, 11) is -3.22. The Morgan fingerprint density at radius 1 is 1.07 bits per heavy atom. The topological polar surface area (TPSA) is 82.6 Å². The number of aromatic nitrogens is 1. The van der Waals surface area contributed by atoms with Crippen LogP contribution in [0.25, 0.3) is 0 Å². The Morgan fingerprint density at radius 3 is 2.30 bits per heavy atom. The SMILES string of the molecule is CC(NC(=O)N1CCN(c2ccccn2)CC1)c1ccc(S(C)(=O)=O)cc1. The molecule has 0 spiro atoms. The van der Waals surface area contributed by atoms with Crippen LogP contribution in [0, 0.1) is 0 Å². The lowest BCUT2D eigenvalue weighted by molar-refractivity contribution is 0.191. The van der Waals surface area contributed by atoms with Gasteiger partial charge < -0.3 is 15.1 Å². The zero-order valence-electron chi connectivity index (χ0n) is 15.5. The molecule has 0 aliphatic carbocycles. The van der Waals surface area contributed by atoms with Gasteiger partial charge in [-0.1, -0.05) is 18.2 Å². The van der Waals surface area contributed by atoms with E-state index in [0.29, 0.717) is 13.1 Å². The third-order valence-corrected chi connectivity index (χ3v) is 5.82. The molecular formula is C19H24N4O3S. The van der Waals surface area contributed by atoms with Gasteiger partial charge in [-0.2, -0.15) is 0 Å². The standard InChI is InChI=1S/C19H24N4O3S/c1-15(16-6-8-17(9-7-16)27(2,25)26)21-19(24)23-13-11-22(12-14-23)18-5-3-4-10-20-18/h3-10,15H,11-14H2,1-2H3,(H,21,24). The van der Waals surface area contributed by atoms with E-state index in [1.54, 1.807) is 35.4 Å². The summed E-state index contributed by atoms with van der Waals surface area (Å²) in [4.78, 5) is 21.1. The number of amides is 2. The number of hydrogen-bond donors (Lipinski definition) is 1. The molecule has 1 aliphatic rings. The Kier molecular flexibility index (Phi) is 5.65. The fourth-order valence-corrected chi connectivity index (χ4v) is 3.67. The first kappa shape index (κ1) is 19.2. The number of benzene rings is 1. The van der Waals surface area contributed by atoms with Crippen molar-refractivity contribution in [1.82, 2.24) is 15.2 Å². The summed E-state index contributed by atoms with van der Waals surface area (Å²) in [6.07, 6.45) is 2.95. The van der Waals surface area contributed by atoms with Crippen molar-refractivity contribution in [3.63, 3.8) is 0 Å². The first-order valence-corrected chi connectivity index (χ1v) is 10.7. The van der Waals surface area contributed by atoms with Crippen LogP contribution in [0.15, 0.2) is 53.6 Å². The minimum atomic E-state index is -3.22. The largest absolute Gasteiger partial charge is 0.353 e. The highest BCUT2D eigenvalue weighted by Gasteiger charge is 2.23. The number of carbonyl (C=O) groups excluding carboxylic acids is 1. The maximum absolute atomic E-state index is 12.5. The molecule has 1 aromatic carbocycles. The molecule has 0 saturated carbocycles. The number of piperazine rings is 1. The van der Waals surface area contributed by atoms with Gasteiger partial charge in [0.15, 0.2) is 9.84 Å². The molecule has 1 aliphatic heterocycles. The molecular weight excluding hydrogens is 364 g/mol. The molecule has 1 saturated heterocycles. The molecule has 1 N–H and O–H groups in total. The molecule has 1 aromatic heterocycles. The number of pyridine rings is 1. The van der Waals surface area contributed by atoms with E-state index in [4.69, 9.17) is 0 Å². The van der Waals surface area contributed by atoms with E-state index in [1.807, 2.05) is 25.1 Å². The van der Waals surface area contributed by atoms with Crippen molar-refractivity contribution >= 4 is 21.7 Å². The summed E-state index contributed by atoms with van der Waals surface area (Å²) in [5.41, 5.74) is 0.864. The fraction of sp³-hybridized carbons (Fsp3) is 0.368. The summed E-state index contributed by atoms with van der Waals surface area (Å²) in [6, 6.07) is 12.1. The van der Waals surface area contributed by atoms with Gasteiger partial charge in [0.2, 0.25) is 0 Å². The summed E-state index contributed by atoms with van der Waals surface area (Å²) in [5, 5.41) is 2.98. The highest BCUT2D eigenvalue weighted by molar-refractivity contribution is 7.90. The van der Waals surface area contributed by atoms with Crippen LogP contribution >= 0.6 is 0 Å². The van der Waals surface area contributed by atoms with Crippen LogP contribution in [0.3, 0.4) is 0 Å². The first-order valence-electron chi connectivity index (χ1n) is 8.86. The van der Waals surface area contributed by atoms with Crippen molar-refractivity contribution in [3.8, 4) is 0 Å². The number of anilines is 1. The maximum Gasteiger partial charge on any atom is 0.317 e.